The summed E-state index contributed by atoms with van der Waals surface area (Å²) in [5.74, 6) is 0. The highest BCUT2D eigenvalue weighted by Gasteiger charge is 2.14. The Morgan fingerprint density at radius 2 is 2.50 bits per heavy atom. The molecule has 12 heavy (non-hydrogen) atoms. The molecule has 0 aliphatic carbocycles. The first kappa shape index (κ1) is 9.53. The zero-order valence-corrected chi connectivity index (χ0v) is 8.26. The Labute approximate surface area is 75.1 Å². The van der Waals surface area contributed by atoms with Crippen molar-refractivity contribution in [2.45, 2.75) is 39.7 Å². The number of allylic oxidation sites excluding steroid dienone is 1. The maximum absolute atomic E-state index is 5.62. The molecule has 1 aliphatic heterocycles. The molecule has 0 aromatic carbocycles. The highest BCUT2D eigenvalue weighted by atomic mass is 16.5. The van der Waals surface area contributed by atoms with Gasteiger partial charge >= 0.3 is 0 Å². The molecule has 1 nitrogen and oxygen atoms in total. The largest absolute Gasteiger partial charge is 0.369 e. The molecule has 0 saturated carbocycles. The molecular weight excluding hydrogens is 148 g/mol. The normalized spacial score (nSPS) is 25.4. The summed E-state index contributed by atoms with van der Waals surface area (Å²) in [7, 11) is 0. The van der Waals surface area contributed by atoms with Crippen LogP contribution in [0.2, 0.25) is 0 Å². The van der Waals surface area contributed by atoms with Gasteiger partial charge in [-0.3, -0.25) is 0 Å². The van der Waals surface area contributed by atoms with Crippen molar-refractivity contribution in [1.29, 1.82) is 0 Å². The van der Waals surface area contributed by atoms with E-state index >= 15 is 0 Å². The molecule has 1 unspecified atom stereocenters. The molecule has 1 aliphatic rings. The van der Waals surface area contributed by atoms with Crippen LogP contribution < -0.4 is 0 Å². The van der Waals surface area contributed by atoms with Crippen molar-refractivity contribution in [1.82, 2.24) is 0 Å². The standard InChI is InChI=1S/C11H18O/c1-4-5-10(3)11-8-9(2)6-7-12-11/h5-6,11H,4,7-8H2,1-3H3/b10-5-. The van der Waals surface area contributed by atoms with Gasteiger partial charge in [0.1, 0.15) is 0 Å². The average Bonchev–Trinajstić information content (AvgIpc) is 2.05. The van der Waals surface area contributed by atoms with E-state index in [1.165, 1.54) is 11.1 Å². The van der Waals surface area contributed by atoms with E-state index in [1.807, 2.05) is 0 Å². The van der Waals surface area contributed by atoms with E-state index in [9.17, 15) is 0 Å². The van der Waals surface area contributed by atoms with Crippen molar-refractivity contribution in [3.63, 3.8) is 0 Å². The van der Waals surface area contributed by atoms with Gasteiger partial charge in [0.25, 0.3) is 0 Å². The molecule has 1 heterocycles. The van der Waals surface area contributed by atoms with E-state index in [4.69, 9.17) is 4.74 Å². The third kappa shape index (κ3) is 2.49. The SMILES string of the molecule is CC/C=C(/C)C1CC(C)=CCO1. The molecule has 0 bridgehead atoms. The maximum Gasteiger partial charge on any atom is 0.0823 e. The molecule has 0 radical (unpaired) electrons. The summed E-state index contributed by atoms with van der Waals surface area (Å²) in [6.07, 6.45) is 6.94. The van der Waals surface area contributed by atoms with Gasteiger partial charge in [-0.2, -0.15) is 0 Å². The summed E-state index contributed by atoms with van der Waals surface area (Å²) in [5.41, 5.74) is 2.83. The lowest BCUT2D eigenvalue weighted by Gasteiger charge is -2.22. The van der Waals surface area contributed by atoms with E-state index in [-0.39, 0.29) is 0 Å². The van der Waals surface area contributed by atoms with Crippen LogP contribution in [0.5, 0.6) is 0 Å². The minimum absolute atomic E-state index is 0.343. The lowest BCUT2D eigenvalue weighted by Crippen LogP contribution is -2.19. The van der Waals surface area contributed by atoms with Gasteiger partial charge in [0, 0.05) is 0 Å². The Bertz CT molecular complexity index is 201. The van der Waals surface area contributed by atoms with Crippen LogP contribution in [-0.2, 0) is 4.74 Å². The summed E-state index contributed by atoms with van der Waals surface area (Å²) in [6, 6.07) is 0. The Kier molecular flexibility index (Phi) is 3.54. The Balaban J connectivity index is 2.54. The second-order valence-electron chi connectivity index (χ2n) is 3.43. The summed E-state index contributed by atoms with van der Waals surface area (Å²) >= 11 is 0. The zero-order valence-electron chi connectivity index (χ0n) is 8.26. The number of hydrogen-bond donors (Lipinski definition) is 0. The van der Waals surface area contributed by atoms with Crippen molar-refractivity contribution in [3.05, 3.63) is 23.3 Å². The molecule has 68 valence electrons. The van der Waals surface area contributed by atoms with Crippen LogP contribution in [0.4, 0.5) is 0 Å². The van der Waals surface area contributed by atoms with Gasteiger partial charge in [-0.15, -0.1) is 0 Å². The predicted molar refractivity (Wildman–Crippen MR) is 52.2 cm³/mol. The van der Waals surface area contributed by atoms with Crippen molar-refractivity contribution < 1.29 is 4.74 Å². The Morgan fingerprint density at radius 3 is 3.08 bits per heavy atom. The molecule has 0 aromatic heterocycles. The van der Waals surface area contributed by atoms with Gasteiger partial charge in [0.2, 0.25) is 0 Å². The van der Waals surface area contributed by atoms with Crippen LogP contribution in [0.3, 0.4) is 0 Å². The molecular formula is C11H18O. The van der Waals surface area contributed by atoms with Crippen LogP contribution in [0, 0.1) is 0 Å². The first-order chi connectivity index (χ1) is 5.74. The van der Waals surface area contributed by atoms with E-state index in [1.54, 1.807) is 0 Å². The lowest BCUT2D eigenvalue weighted by atomic mass is 10.0. The fraction of sp³-hybridized carbons (Fsp3) is 0.636. The highest BCUT2D eigenvalue weighted by molar-refractivity contribution is 5.14. The number of rotatable bonds is 2. The monoisotopic (exact) mass is 166 g/mol. The third-order valence-corrected chi connectivity index (χ3v) is 2.27. The highest BCUT2D eigenvalue weighted by Crippen LogP contribution is 2.20. The van der Waals surface area contributed by atoms with Crippen molar-refractivity contribution in [3.8, 4) is 0 Å². The predicted octanol–water partition coefficient (Wildman–Crippen LogP) is 3.08. The second kappa shape index (κ2) is 4.46. The van der Waals surface area contributed by atoms with E-state index < -0.39 is 0 Å². The van der Waals surface area contributed by atoms with E-state index in [0.29, 0.717) is 6.10 Å². The Hall–Kier alpha value is -0.560. The maximum atomic E-state index is 5.62. The van der Waals surface area contributed by atoms with Gasteiger partial charge in [-0.05, 0) is 32.3 Å². The van der Waals surface area contributed by atoms with Crippen LogP contribution in [0.25, 0.3) is 0 Å². The van der Waals surface area contributed by atoms with Gasteiger partial charge in [-0.25, -0.2) is 0 Å². The summed E-state index contributed by atoms with van der Waals surface area (Å²) < 4.78 is 5.62. The average molecular weight is 166 g/mol. The molecule has 0 N–H and O–H groups in total. The molecule has 0 amide bonds. The van der Waals surface area contributed by atoms with Gasteiger partial charge in [-0.1, -0.05) is 24.6 Å². The van der Waals surface area contributed by atoms with Crippen molar-refractivity contribution in [2.24, 2.45) is 0 Å². The quantitative estimate of drug-likeness (QED) is 0.573. The molecule has 1 heteroatoms. The zero-order chi connectivity index (χ0) is 8.97. The molecule has 0 saturated heterocycles. The summed E-state index contributed by atoms with van der Waals surface area (Å²) in [4.78, 5) is 0. The first-order valence-corrected chi connectivity index (χ1v) is 4.68. The fourth-order valence-corrected chi connectivity index (χ4v) is 1.49. The molecule has 0 aromatic rings. The van der Waals surface area contributed by atoms with Gasteiger partial charge in [0.15, 0.2) is 0 Å². The van der Waals surface area contributed by atoms with Gasteiger partial charge < -0.3 is 4.74 Å². The number of ether oxygens (including phenoxy) is 1. The molecule has 1 atom stereocenters. The number of hydrogen-bond acceptors (Lipinski definition) is 1. The van der Waals surface area contributed by atoms with Crippen molar-refractivity contribution in [2.75, 3.05) is 6.61 Å². The Morgan fingerprint density at radius 1 is 1.75 bits per heavy atom. The van der Waals surface area contributed by atoms with Crippen LogP contribution in [0.1, 0.15) is 33.6 Å². The smallest absolute Gasteiger partial charge is 0.0823 e. The molecule has 0 spiro atoms. The lowest BCUT2D eigenvalue weighted by molar-refractivity contribution is 0.0902. The molecule has 1 rings (SSSR count). The first-order valence-electron chi connectivity index (χ1n) is 4.68. The van der Waals surface area contributed by atoms with E-state index in [0.717, 1.165) is 19.4 Å². The summed E-state index contributed by atoms with van der Waals surface area (Å²) in [6.45, 7) is 7.28. The molecule has 0 fully saturated rings. The summed E-state index contributed by atoms with van der Waals surface area (Å²) in [5, 5.41) is 0. The minimum atomic E-state index is 0.343. The van der Waals surface area contributed by atoms with E-state index in [2.05, 4.69) is 32.9 Å². The fourth-order valence-electron chi connectivity index (χ4n) is 1.49. The van der Waals surface area contributed by atoms with Crippen LogP contribution >= 0.6 is 0 Å². The topological polar surface area (TPSA) is 9.23 Å². The van der Waals surface area contributed by atoms with Gasteiger partial charge in [0.05, 0.1) is 12.7 Å². The minimum Gasteiger partial charge on any atom is -0.369 e. The second-order valence-corrected chi connectivity index (χ2v) is 3.43. The third-order valence-electron chi connectivity index (χ3n) is 2.27. The van der Waals surface area contributed by atoms with Crippen LogP contribution in [0.15, 0.2) is 23.3 Å². The van der Waals surface area contributed by atoms with Crippen LogP contribution in [-0.4, -0.2) is 12.7 Å². The van der Waals surface area contributed by atoms with Crippen molar-refractivity contribution >= 4 is 0 Å².